The lowest BCUT2D eigenvalue weighted by Crippen LogP contribution is -2.18. The lowest BCUT2D eigenvalue weighted by Gasteiger charge is -2.13. The van der Waals surface area contributed by atoms with E-state index in [1.165, 1.54) is 0 Å². The van der Waals surface area contributed by atoms with Crippen molar-refractivity contribution in [2.75, 3.05) is 0 Å². The number of nitrogens with zero attached hydrogens (tertiary/aromatic N) is 6. The Kier molecular flexibility index (Phi) is 6.16. The second-order valence-electron chi connectivity index (χ2n) is 12.1. The third kappa shape index (κ3) is 4.39. The van der Waals surface area contributed by atoms with E-state index < -0.39 is 0 Å². The van der Waals surface area contributed by atoms with Gasteiger partial charge in [-0.15, -0.1) is 0 Å². The zero-order valence-corrected chi connectivity index (χ0v) is 26.4. The zero-order valence-electron chi connectivity index (χ0n) is 26.4. The first-order valence-corrected chi connectivity index (χ1v) is 16.2. The highest BCUT2D eigenvalue weighted by Crippen LogP contribution is 2.38. The predicted molar refractivity (Wildman–Crippen MR) is 197 cm³/mol. The molecule has 0 aliphatic rings. The van der Waals surface area contributed by atoms with E-state index in [1.807, 2.05) is 140 Å². The molecule has 8 heteroatoms. The van der Waals surface area contributed by atoms with Crippen molar-refractivity contribution in [3.63, 3.8) is 0 Å². The topological polar surface area (TPSA) is 99.1 Å². The molecule has 0 bridgehead atoms. The average Bonchev–Trinajstić information content (AvgIpc) is 3.56. The van der Waals surface area contributed by atoms with Gasteiger partial charge in [0.1, 0.15) is 17.0 Å². The molecule has 0 radical (unpaired) electrons. The van der Waals surface area contributed by atoms with Crippen molar-refractivity contribution < 1.29 is 4.42 Å². The van der Waals surface area contributed by atoms with Gasteiger partial charge in [0, 0.05) is 38.4 Å². The summed E-state index contributed by atoms with van der Waals surface area (Å²) in [4.78, 5) is 39.1. The Hall–Kier alpha value is -7.06. The van der Waals surface area contributed by atoms with Crippen LogP contribution < -0.4 is 5.56 Å². The first kappa shape index (κ1) is 28.0. The van der Waals surface area contributed by atoms with Crippen LogP contribution in [0.3, 0.4) is 0 Å². The highest BCUT2D eigenvalue weighted by atomic mass is 16.3. The molecule has 8 nitrogen and oxygen atoms in total. The maximum atomic E-state index is 14.2. The van der Waals surface area contributed by atoms with Gasteiger partial charge in [0.05, 0.1) is 16.4 Å². The lowest BCUT2D eigenvalue weighted by molar-refractivity contribution is 0.669. The molecule has 0 saturated carbocycles. The first-order valence-electron chi connectivity index (χ1n) is 16.2. The van der Waals surface area contributed by atoms with Gasteiger partial charge < -0.3 is 4.42 Å². The molecule has 4 aromatic heterocycles. The summed E-state index contributed by atoms with van der Waals surface area (Å²) in [5.74, 6) is 2.18. The molecule has 0 fully saturated rings. The number of rotatable bonds is 4. The molecule has 4 heterocycles. The average molecular weight is 645 g/mol. The Morgan fingerprint density at radius 3 is 1.76 bits per heavy atom. The molecule has 0 unspecified atom stereocenters. The van der Waals surface area contributed by atoms with Crippen molar-refractivity contribution in [3.05, 3.63) is 156 Å². The third-order valence-electron chi connectivity index (χ3n) is 9.05. The summed E-state index contributed by atoms with van der Waals surface area (Å²) >= 11 is 0. The second kappa shape index (κ2) is 11.0. The van der Waals surface area contributed by atoms with Crippen LogP contribution in [0.15, 0.2) is 155 Å². The van der Waals surface area contributed by atoms with Crippen molar-refractivity contribution in [2.24, 2.45) is 0 Å². The molecule has 0 saturated heterocycles. The van der Waals surface area contributed by atoms with Crippen LogP contribution in [-0.4, -0.2) is 29.3 Å². The van der Waals surface area contributed by atoms with Gasteiger partial charge in [0.15, 0.2) is 23.1 Å². The quantitative estimate of drug-likeness (QED) is 0.139. The van der Waals surface area contributed by atoms with Gasteiger partial charge in [-0.05, 0) is 48.5 Å². The number of hydrogen-bond donors (Lipinski definition) is 0. The van der Waals surface area contributed by atoms with Crippen molar-refractivity contribution >= 4 is 49.4 Å². The van der Waals surface area contributed by atoms with Crippen LogP contribution in [-0.2, 0) is 0 Å². The highest BCUT2D eigenvalue weighted by molar-refractivity contribution is 6.13. The third-order valence-corrected chi connectivity index (χ3v) is 9.05. The number of furan rings is 1. The standard InChI is InChI=1S/C42H24N6O2/c49-42-29-17-8-10-20-33(29)44-40-28-16-7-9-19-32(28)43-41(48(40)42)30-18-11-21-35-36(30)31-24-27(22-23-34(31)50-35)39-46-37(25-12-3-1-4-13-25)45-38(47-39)26-14-5-2-6-15-26/h1-24H. The van der Waals surface area contributed by atoms with E-state index >= 15 is 0 Å². The van der Waals surface area contributed by atoms with Gasteiger partial charge in [0.25, 0.3) is 5.56 Å². The fourth-order valence-electron chi connectivity index (χ4n) is 6.70. The van der Waals surface area contributed by atoms with Gasteiger partial charge in [-0.3, -0.25) is 4.79 Å². The molecule has 50 heavy (non-hydrogen) atoms. The highest BCUT2D eigenvalue weighted by Gasteiger charge is 2.21. The molecule has 0 spiro atoms. The Balaban J connectivity index is 1.25. The summed E-state index contributed by atoms with van der Waals surface area (Å²) in [6.45, 7) is 0. The summed E-state index contributed by atoms with van der Waals surface area (Å²) in [6.07, 6.45) is 0. The number of fused-ring (bicyclic) bond motifs is 7. The predicted octanol–water partition coefficient (Wildman–Crippen LogP) is 9.15. The molecular formula is C42H24N6O2. The van der Waals surface area contributed by atoms with Crippen LogP contribution in [0.1, 0.15) is 0 Å². The molecule has 234 valence electrons. The van der Waals surface area contributed by atoms with E-state index in [0.717, 1.165) is 43.9 Å². The maximum absolute atomic E-state index is 14.2. The number of aromatic nitrogens is 6. The van der Waals surface area contributed by atoms with Crippen molar-refractivity contribution in [1.82, 2.24) is 29.3 Å². The van der Waals surface area contributed by atoms with Crippen molar-refractivity contribution in [3.8, 4) is 45.6 Å². The Morgan fingerprint density at radius 2 is 1.06 bits per heavy atom. The summed E-state index contributed by atoms with van der Waals surface area (Å²) in [5.41, 5.74) is 6.44. The lowest BCUT2D eigenvalue weighted by atomic mass is 10.0. The molecule has 0 N–H and O–H groups in total. The number of benzene rings is 6. The number of para-hydroxylation sites is 2. The molecule has 0 aliphatic carbocycles. The van der Waals surface area contributed by atoms with E-state index in [-0.39, 0.29) is 5.56 Å². The fourth-order valence-corrected chi connectivity index (χ4v) is 6.70. The van der Waals surface area contributed by atoms with E-state index in [2.05, 4.69) is 0 Å². The second-order valence-corrected chi connectivity index (χ2v) is 12.1. The normalized spacial score (nSPS) is 11.7. The summed E-state index contributed by atoms with van der Waals surface area (Å²) < 4.78 is 8.04. The molecule has 10 aromatic rings. The monoisotopic (exact) mass is 644 g/mol. The largest absolute Gasteiger partial charge is 0.456 e. The Morgan fingerprint density at radius 1 is 0.460 bits per heavy atom. The summed E-state index contributed by atoms with van der Waals surface area (Å²) in [6, 6.07) is 46.8. The summed E-state index contributed by atoms with van der Waals surface area (Å²) in [7, 11) is 0. The Bertz CT molecular complexity index is 2950. The van der Waals surface area contributed by atoms with Crippen LogP contribution >= 0.6 is 0 Å². The van der Waals surface area contributed by atoms with Gasteiger partial charge in [-0.1, -0.05) is 97.1 Å². The molecule has 10 rings (SSSR count). The van der Waals surface area contributed by atoms with Crippen LogP contribution in [0.2, 0.25) is 0 Å². The Labute approximate surface area is 284 Å². The van der Waals surface area contributed by atoms with Crippen molar-refractivity contribution in [2.45, 2.75) is 0 Å². The van der Waals surface area contributed by atoms with Gasteiger partial charge >= 0.3 is 0 Å². The molecule has 0 aliphatic heterocycles. The van der Waals surface area contributed by atoms with E-state index in [4.69, 9.17) is 29.3 Å². The zero-order chi connectivity index (χ0) is 33.2. The minimum atomic E-state index is -0.184. The van der Waals surface area contributed by atoms with Gasteiger partial charge in [0.2, 0.25) is 0 Å². The van der Waals surface area contributed by atoms with Gasteiger partial charge in [-0.25, -0.2) is 29.3 Å². The van der Waals surface area contributed by atoms with Crippen molar-refractivity contribution in [1.29, 1.82) is 0 Å². The minimum absolute atomic E-state index is 0.184. The smallest absolute Gasteiger partial charge is 0.267 e. The van der Waals surface area contributed by atoms with Crippen LogP contribution in [0.25, 0.3) is 94.9 Å². The first-order chi connectivity index (χ1) is 24.7. The fraction of sp³-hybridized carbons (Fsp3) is 0. The molecular weight excluding hydrogens is 621 g/mol. The van der Waals surface area contributed by atoms with Crippen LogP contribution in [0.5, 0.6) is 0 Å². The molecule has 0 atom stereocenters. The SMILES string of the molecule is O=c1c2ccccc2nc2c3ccccc3nc(-c3cccc4oc5ccc(-c6nc(-c7ccccc7)nc(-c7ccccc7)n6)cc5c34)n12. The van der Waals surface area contributed by atoms with Crippen LogP contribution in [0.4, 0.5) is 0 Å². The minimum Gasteiger partial charge on any atom is -0.456 e. The van der Waals surface area contributed by atoms with E-state index in [1.54, 1.807) is 10.5 Å². The van der Waals surface area contributed by atoms with E-state index in [0.29, 0.717) is 51.0 Å². The van der Waals surface area contributed by atoms with Gasteiger partial charge in [-0.2, -0.15) is 0 Å². The molecule has 6 aromatic carbocycles. The summed E-state index contributed by atoms with van der Waals surface area (Å²) in [5, 5.41) is 2.99. The maximum Gasteiger partial charge on any atom is 0.267 e. The van der Waals surface area contributed by atoms with Crippen LogP contribution in [0, 0.1) is 0 Å². The van der Waals surface area contributed by atoms with E-state index in [9.17, 15) is 4.79 Å². The number of hydrogen-bond acceptors (Lipinski definition) is 7. The molecule has 0 amide bonds.